The van der Waals surface area contributed by atoms with Crippen LogP contribution in [0.25, 0.3) is 10.9 Å². The Balaban J connectivity index is 1.33. The lowest BCUT2D eigenvalue weighted by atomic mass is 9.99. The molecule has 29 heavy (non-hydrogen) atoms. The summed E-state index contributed by atoms with van der Waals surface area (Å²) in [4.78, 5) is 29.7. The topological polar surface area (TPSA) is 65.1 Å². The van der Waals surface area contributed by atoms with E-state index < -0.39 is 0 Å². The molecule has 2 aromatic heterocycles. The second kappa shape index (κ2) is 7.59. The number of aromatic nitrogens is 3. The Hall–Kier alpha value is -2.73. The molecule has 1 saturated heterocycles. The molecular weight excluding hydrogens is 362 g/mol. The van der Waals surface area contributed by atoms with Crippen LogP contribution >= 0.6 is 0 Å². The number of anilines is 1. The average molecular weight is 390 g/mol. The molecule has 6 heteroatoms. The number of pyridine rings is 1. The fourth-order valence-corrected chi connectivity index (χ4v) is 4.45. The summed E-state index contributed by atoms with van der Waals surface area (Å²) >= 11 is 0. The molecule has 2 aliphatic heterocycles. The molecule has 3 aromatic rings. The Bertz CT molecular complexity index is 1080. The summed E-state index contributed by atoms with van der Waals surface area (Å²) < 4.78 is 0. The molecule has 0 spiro atoms. The third kappa shape index (κ3) is 3.77. The van der Waals surface area contributed by atoms with Crippen LogP contribution in [0.5, 0.6) is 0 Å². The van der Waals surface area contributed by atoms with Crippen LogP contribution in [0.15, 0.2) is 41.3 Å². The molecular formula is C23H27N5O. The number of aromatic amines is 1. The van der Waals surface area contributed by atoms with Gasteiger partial charge in [0.15, 0.2) is 0 Å². The molecule has 0 aliphatic carbocycles. The SMILES string of the molecule is CC1CCN(c2nc3c(c(=O)[nH]2)CN(Cc2ccc4ncccc4c2)CC3)CC1. The second-order valence-electron chi connectivity index (χ2n) is 8.48. The van der Waals surface area contributed by atoms with Gasteiger partial charge in [0.05, 0.1) is 16.8 Å². The summed E-state index contributed by atoms with van der Waals surface area (Å²) in [6, 6.07) is 10.5. The van der Waals surface area contributed by atoms with Crippen molar-refractivity contribution in [3.63, 3.8) is 0 Å². The van der Waals surface area contributed by atoms with E-state index in [-0.39, 0.29) is 5.56 Å². The molecule has 0 radical (unpaired) electrons. The zero-order chi connectivity index (χ0) is 19.8. The van der Waals surface area contributed by atoms with Crippen molar-refractivity contribution in [2.45, 2.75) is 39.3 Å². The molecule has 0 atom stereocenters. The molecule has 5 rings (SSSR count). The smallest absolute Gasteiger partial charge is 0.257 e. The van der Waals surface area contributed by atoms with Gasteiger partial charge in [-0.15, -0.1) is 0 Å². The van der Waals surface area contributed by atoms with E-state index in [1.165, 1.54) is 5.56 Å². The van der Waals surface area contributed by atoms with Crippen molar-refractivity contribution in [3.8, 4) is 0 Å². The van der Waals surface area contributed by atoms with Crippen molar-refractivity contribution in [3.05, 3.63) is 63.7 Å². The number of hydrogen-bond acceptors (Lipinski definition) is 5. The lowest BCUT2D eigenvalue weighted by Crippen LogP contribution is -2.39. The highest BCUT2D eigenvalue weighted by atomic mass is 16.1. The largest absolute Gasteiger partial charge is 0.342 e. The third-order valence-corrected chi connectivity index (χ3v) is 6.29. The van der Waals surface area contributed by atoms with Gasteiger partial charge in [0.2, 0.25) is 5.95 Å². The van der Waals surface area contributed by atoms with Crippen molar-refractivity contribution in [1.29, 1.82) is 0 Å². The van der Waals surface area contributed by atoms with Crippen molar-refractivity contribution in [2.75, 3.05) is 24.5 Å². The van der Waals surface area contributed by atoms with Gasteiger partial charge in [-0.2, -0.15) is 0 Å². The number of nitrogens with one attached hydrogen (secondary N) is 1. The van der Waals surface area contributed by atoms with Gasteiger partial charge in [-0.25, -0.2) is 4.98 Å². The van der Waals surface area contributed by atoms with E-state index in [0.29, 0.717) is 6.54 Å². The molecule has 1 fully saturated rings. The normalized spacial score (nSPS) is 18.2. The summed E-state index contributed by atoms with van der Waals surface area (Å²) in [6.07, 6.45) is 4.97. The number of H-pyrrole nitrogens is 1. The summed E-state index contributed by atoms with van der Waals surface area (Å²) in [5, 5.41) is 1.16. The number of hydrogen-bond donors (Lipinski definition) is 1. The molecule has 0 unspecified atom stereocenters. The number of benzene rings is 1. The molecule has 150 valence electrons. The lowest BCUT2D eigenvalue weighted by molar-refractivity contribution is 0.242. The summed E-state index contributed by atoms with van der Waals surface area (Å²) in [7, 11) is 0. The Morgan fingerprint density at radius 3 is 2.90 bits per heavy atom. The fraction of sp³-hybridized carbons (Fsp3) is 0.435. The van der Waals surface area contributed by atoms with E-state index in [1.807, 2.05) is 12.3 Å². The molecule has 0 saturated carbocycles. The minimum absolute atomic E-state index is 0.0241. The number of nitrogens with zero attached hydrogens (tertiary/aromatic N) is 4. The van der Waals surface area contributed by atoms with Crippen LogP contribution in [0.1, 0.15) is 36.6 Å². The Morgan fingerprint density at radius 1 is 1.17 bits per heavy atom. The molecule has 2 aliphatic rings. The van der Waals surface area contributed by atoms with Gasteiger partial charge in [0.1, 0.15) is 0 Å². The van der Waals surface area contributed by atoms with Crippen molar-refractivity contribution < 1.29 is 0 Å². The third-order valence-electron chi connectivity index (χ3n) is 6.29. The second-order valence-corrected chi connectivity index (χ2v) is 8.48. The molecule has 0 amide bonds. The van der Waals surface area contributed by atoms with Gasteiger partial charge < -0.3 is 4.90 Å². The minimum Gasteiger partial charge on any atom is -0.342 e. The van der Waals surface area contributed by atoms with E-state index in [4.69, 9.17) is 4.98 Å². The Kier molecular flexibility index (Phi) is 4.79. The maximum Gasteiger partial charge on any atom is 0.257 e. The van der Waals surface area contributed by atoms with E-state index >= 15 is 0 Å². The van der Waals surface area contributed by atoms with E-state index in [9.17, 15) is 4.79 Å². The van der Waals surface area contributed by atoms with Crippen LogP contribution < -0.4 is 10.5 Å². The first kappa shape index (κ1) is 18.3. The Morgan fingerprint density at radius 2 is 2.03 bits per heavy atom. The zero-order valence-electron chi connectivity index (χ0n) is 16.9. The monoisotopic (exact) mass is 389 g/mol. The maximum atomic E-state index is 12.8. The molecule has 6 nitrogen and oxygen atoms in total. The van der Waals surface area contributed by atoms with Gasteiger partial charge >= 0.3 is 0 Å². The van der Waals surface area contributed by atoms with E-state index in [1.54, 1.807) is 0 Å². The van der Waals surface area contributed by atoms with Gasteiger partial charge in [-0.05, 0) is 42.5 Å². The van der Waals surface area contributed by atoms with Crippen LogP contribution in [0.2, 0.25) is 0 Å². The predicted octanol–water partition coefficient (Wildman–Crippen LogP) is 3.11. The maximum absolute atomic E-state index is 12.8. The first-order valence-electron chi connectivity index (χ1n) is 10.6. The minimum atomic E-state index is 0.0241. The first-order chi connectivity index (χ1) is 14.2. The molecule has 0 bridgehead atoms. The van der Waals surface area contributed by atoms with E-state index in [0.717, 1.165) is 79.5 Å². The van der Waals surface area contributed by atoms with Crippen molar-refractivity contribution >= 4 is 16.9 Å². The summed E-state index contributed by atoms with van der Waals surface area (Å²) in [5.41, 5.74) is 4.09. The van der Waals surface area contributed by atoms with E-state index in [2.05, 4.69) is 51.0 Å². The van der Waals surface area contributed by atoms with Crippen molar-refractivity contribution in [1.82, 2.24) is 19.9 Å². The predicted molar refractivity (Wildman–Crippen MR) is 115 cm³/mol. The van der Waals surface area contributed by atoms with Gasteiger partial charge in [0.25, 0.3) is 5.56 Å². The fourth-order valence-electron chi connectivity index (χ4n) is 4.45. The highest BCUT2D eigenvalue weighted by Gasteiger charge is 2.24. The number of rotatable bonds is 3. The standard InChI is InChI=1S/C23H27N5O/c1-16-6-11-28(12-7-16)23-25-21-8-10-27(15-19(21)22(29)26-23)14-17-4-5-20-18(13-17)3-2-9-24-20/h2-5,9,13,16H,6-8,10-12,14-15H2,1H3,(H,25,26,29). The molecule has 1 aromatic carbocycles. The zero-order valence-corrected chi connectivity index (χ0v) is 16.9. The van der Waals surface area contributed by atoms with Crippen LogP contribution in [-0.2, 0) is 19.5 Å². The average Bonchev–Trinajstić information content (AvgIpc) is 2.74. The highest BCUT2D eigenvalue weighted by molar-refractivity contribution is 5.78. The molecule has 4 heterocycles. The Labute approximate surface area is 170 Å². The van der Waals surface area contributed by atoms with Gasteiger partial charge in [0, 0.05) is 50.7 Å². The van der Waals surface area contributed by atoms with Crippen LogP contribution in [-0.4, -0.2) is 39.5 Å². The number of fused-ring (bicyclic) bond motifs is 2. The van der Waals surface area contributed by atoms with Gasteiger partial charge in [-0.1, -0.05) is 19.1 Å². The van der Waals surface area contributed by atoms with Crippen molar-refractivity contribution in [2.24, 2.45) is 5.92 Å². The van der Waals surface area contributed by atoms with Crippen LogP contribution in [0, 0.1) is 5.92 Å². The van der Waals surface area contributed by atoms with Crippen LogP contribution in [0.4, 0.5) is 5.95 Å². The number of piperidine rings is 1. The highest BCUT2D eigenvalue weighted by Crippen LogP contribution is 2.23. The quantitative estimate of drug-likeness (QED) is 0.746. The summed E-state index contributed by atoms with van der Waals surface area (Å²) in [5.74, 6) is 1.52. The first-order valence-corrected chi connectivity index (χ1v) is 10.6. The van der Waals surface area contributed by atoms with Crippen LogP contribution in [0.3, 0.4) is 0 Å². The summed E-state index contributed by atoms with van der Waals surface area (Å²) in [6.45, 7) is 6.65. The molecule has 1 N–H and O–H groups in total. The van der Waals surface area contributed by atoms with Gasteiger partial charge in [-0.3, -0.25) is 19.7 Å². The lowest BCUT2D eigenvalue weighted by Gasteiger charge is -2.32.